The molecule has 1 amide bonds. The van der Waals surface area contributed by atoms with Crippen molar-refractivity contribution in [2.24, 2.45) is 0 Å². The molecule has 0 bridgehead atoms. The lowest BCUT2D eigenvalue weighted by atomic mass is 10.1. The highest BCUT2D eigenvalue weighted by Crippen LogP contribution is 2.18. The Balaban J connectivity index is 2.03. The van der Waals surface area contributed by atoms with Crippen molar-refractivity contribution >= 4 is 22.4 Å². The van der Waals surface area contributed by atoms with Gasteiger partial charge in [0.1, 0.15) is 6.61 Å². The highest BCUT2D eigenvalue weighted by molar-refractivity contribution is 5.95. The number of benzene rings is 2. The number of carbonyl (C=O) groups is 1. The zero-order valence-corrected chi connectivity index (χ0v) is 11.6. The first-order valence-electron chi connectivity index (χ1n) is 6.37. The van der Waals surface area contributed by atoms with Crippen molar-refractivity contribution in [3.05, 3.63) is 42.5 Å². The summed E-state index contributed by atoms with van der Waals surface area (Å²) >= 11 is 0. The molecule has 0 aliphatic rings. The largest absolute Gasteiger partial charge is 0.366 e. The van der Waals surface area contributed by atoms with Crippen LogP contribution in [-0.2, 0) is 9.53 Å². The maximum atomic E-state index is 11.8. The Morgan fingerprint density at radius 1 is 1.11 bits per heavy atom. The van der Waals surface area contributed by atoms with E-state index in [0.717, 1.165) is 16.5 Å². The van der Waals surface area contributed by atoms with Crippen LogP contribution in [0.3, 0.4) is 0 Å². The minimum absolute atomic E-state index is 0.0658. The summed E-state index contributed by atoms with van der Waals surface area (Å²) in [4.78, 5) is 11.8. The molecule has 3 heteroatoms. The Bertz CT molecular complexity index is 585. The second-order valence-electron chi connectivity index (χ2n) is 5.51. The van der Waals surface area contributed by atoms with Gasteiger partial charge in [0.25, 0.3) is 0 Å². The van der Waals surface area contributed by atoms with Crippen molar-refractivity contribution in [2.45, 2.75) is 26.4 Å². The SMILES string of the molecule is CC(C)(C)OCC(=O)Nc1ccc2ccccc2c1. The maximum absolute atomic E-state index is 11.8. The molecule has 3 nitrogen and oxygen atoms in total. The molecule has 0 unspecified atom stereocenters. The molecule has 0 saturated heterocycles. The number of nitrogens with one attached hydrogen (secondary N) is 1. The number of amides is 1. The molecule has 0 atom stereocenters. The maximum Gasteiger partial charge on any atom is 0.250 e. The van der Waals surface area contributed by atoms with E-state index in [2.05, 4.69) is 5.32 Å². The van der Waals surface area contributed by atoms with Gasteiger partial charge in [-0.3, -0.25) is 4.79 Å². The summed E-state index contributed by atoms with van der Waals surface area (Å²) in [7, 11) is 0. The fourth-order valence-electron chi connectivity index (χ4n) is 1.75. The lowest BCUT2D eigenvalue weighted by Crippen LogP contribution is -2.27. The van der Waals surface area contributed by atoms with Gasteiger partial charge in [0, 0.05) is 5.69 Å². The van der Waals surface area contributed by atoms with E-state index in [4.69, 9.17) is 4.74 Å². The Morgan fingerprint density at radius 2 is 1.79 bits per heavy atom. The highest BCUT2D eigenvalue weighted by atomic mass is 16.5. The van der Waals surface area contributed by atoms with E-state index in [9.17, 15) is 4.79 Å². The Hall–Kier alpha value is -1.87. The van der Waals surface area contributed by atoms with Gasteiger partial charge in [-0.15, -0.1) is 0 Å². The van der Waals surface area contributed by atoms with Gasteiger partial charge in [-0.2, -0.15) is 0 Å². The second kappa shape index (κ2) is 5.41. The van der Waals surface area contributed by atoms with Gasteiger partial charge in [0.05, 0.1) is 5.60 Å². The van der Waals surface area contributed by atoms with E-state index in [1.807, 2.05) is 63.2 Å². The average Bonchev–Trinajstić information content (AvgIpc) is 2.35. The summed E-state index contributed by atoms with van der Waals surface area (Å²) in [5, 5.41) is 5.11. The molecule has 0 aromatic heterocycles. The van der Waals surface area contributed by atoms with Crippen molar-refractivity contribution < 1.29 is 9.53 Å². The number of rotatable bonds is 3. The molecule has 2 aromatic carbocycles. The molecule has 1 N–H and O–H groups in total. The van der Waals surface area contributed by atoms with Gasteiger partial charge in [-0.25, -0.2) is 0 Å². The van der Waals surface area contributed by atoms with Crippen molar-refractivity contribution in [3.63, 3.8) is 0 Å². The minimum Gasteiger partial charge on any atom is -0.366 e. The lowest BCUT2D eigenvalue weighted by molar-refractivity contribution is -0.125. The van der Waals surface area contributed by atoms with Crippen LogP contribution in [0.15, 0.2) is 42.5 Å². The smallest absolute Gasteiger partial charge is 0.250 e. The van der Waals surface area contributed by atoms with Crippen molar-refractivity contribution in [1.82, 2.24) is 0 Å². The van der Waals surface area contributed by atoms with Gasteiger partial charge in [-0.1, -0.05) is 30.3 Å². The molecule has 100 valence electrons. The van der Waals surface area contributed by atoms with Crippen LogP contribution in [0, 0.1) is 0 Å². The van der Waals surface area contributed by atoms with E-state index in [1.54, 1.807) is 0 Å². The zero-order valence-electron chi connectivity index (χ0n) is 11.6. The van der Waals surface area contributed by atoms with Crippen LogP contribution < -0.4 is 5.32 Å². The van der Waals surface area contributed by atoms with Gasteiger partial charge in [0.15, 0.2) is 0 Å². The quantitative estimate of drug-likeness (QED) is 0.912. The molecule has 0 saturated carbocycles. The highest BCUT2D eigenvalue weighted by Gasteiger charge is 2.12. The van der Waals surface area contributed by atoms with E-state index < -0.39 is 0 Å². The van der Waals surface area contributed by atoms with Crippen molar-refractivity contribution in [2.75, 3.05) is 11.9 Å². The number of carbonyl (C=O) groups excluding carboxylic acids is 1. The Morgan fingerprint density at radius 3 is 2.47 bits per heavy atom. The molecule has 2 aromatic rings. The fraction of sp³-hybridized carbons (Fsp3) is 0.312. The third kappa shape index (κ3) is 4.07. The summed E-state index contributed by atoms with van der Waals surface area (Å²) in [6, 6.07) is 13.9. The van der Waals surface area contributed by atoms with Gasteiger partial charge in [-0.05, 0) is 43.7 Å². The summed E-state index contributed by atoms with van der Waals surface area (Å²) in [6.45, 7) is 5.85. The number of ether oxygens (including phenoxy) is 1. The van der Waals surface area contributed by atoms with Crippen LogP contribution >= 0.6 is 0 Å². The van der Waals surface area contributed by atoms with Crippen molar-refractivity contribution in [1.29, 1.82) is 0 Å². The van der Waals surface area contributed by atoms with Gasteiger partial charge in [0.2, 0.25) is 5.91 Å². The van der Waals surface area contributed by atoms with E-state index in [-0.39, 0.29) is 18.1 Å². The van der Waals surface area contributed by atoms with Crippen LogP contribution in [-0.4, -0.2) is 18.1 Å². The summed E-state index contributed by atoms with van der Waals surface area (Å²) < 4.78 is 5.44. The monoisotopic (exact) mass is 257 g/mol. The van der Waals surface area contributed by atoms with Crippen LogP contribution in [0.25, 0.3) is 10.8 Å². The topological polar surface area (TPSA) is 38.3 Å². The fourth-order valence-corrected chi connectivity index (χ4v) is 1.75. The molecular weight excluding hydrogens is 238 g/mol. The minimum atomic E-state index is -0.305. The van der Waals surface area contributed by atoms with Crippen molar-refractivity contribution in [3.8, 4) is 0 Å². The lowest BCUT2D eigenvalue weighted by Gasteiger charge is -2.19. The molecule has 0 radical (unpaired) electrons. The summed E-state index contributed by atoms with van der Waals surface area (Å²) in [5.41, 5.74) is 0.488. The standard InChI is InChI=1S/C16H19NO2/c1-16(2,3)19-11-15(18)17-14-9-8-12-6-4-5-7-13(12)10-14/h4-10H,11H2,1-3H3,(H,17,18). The van der Waals surface area contributed by atoms with Crippen LogP contribution in [0.1, 0.15) is 20.8 Å². The van der Waals surface area contributed by atoms with Crippen LogP contribution in [0.2, 0.25) is 0 Å². The number of anilines is 1. The molecule has 19 heavy (non-hydrogen) atoms. The van der Waals surface area contributed by atoms with E-state index >= 15 is 0 Å². The first-order chi connectivity index (χ1) is 8.94. The Kier molecular flexibility index (Phi) is 3.86. The van der Waals surface area contributed by atoms with E-state index in [1.165, 1.54) is 0 Å². The molecule has 0 spiro atoms. The molecule has 0 heterocycles. The average molecular weight is 257 g/mol. The molecule has 0 aliphatic carbocycles. The molecule has 2 rings (SSSR count). The first-order valence-corrected chi connectivity index (χ1v) is 6.37. The normalized spacial score (nSPS) is 11.5. The second-order valence-corrected chi connectivity index (χ2v) is 5.51. The van der Waals surface area contributed by atoms with Crippen LogP contribution in [0.4, 0.5) is 5.69 Å². The van der Waals surface area contributed by atoms with Gasteiger partial charge >= 0.3 is 0 Å². The predicted molar refractivity (Wildman–Crippen MR) is 78.3 cm³/mol. The van der Waals surface area contributed by atoms with E-state index in [0.29, 0.717) is 0 Å². The molecular formula is C16H19NO2. The summed E-state index contributed by atoms with van der Waals surface area (Å²) in [5.74, 6) is -0.134. The number of fused-ring (bicyclic) bond motifs is 1. The first kappa shape index (κ1) is 13.6. The van der Waals surface area contributed by atoms with Gasteiger partial charge < -0.3 is 10.1 Å². The third-order valence-electron chi connectivity index (χ3n) is 2.67. The molecule has 0 fully saturated rings. The predicted octanol–water partition coefficient (Wildman–Crippen LogP) is 3.59. The zero-order chi connectivity index (χ0) is 13.9. The number of hydrogen-bond donors (Lipinski definition) is 1. The van der Waals surface area contributed by atoms with Crippen LogP contribution in [0.5, 0.6) is 0 Å². The summed E-state index contributed by atoms with van der Waals surface area (Å²) in [6.07, 6.45) is 0. The molecule has 0 aliphatic heterocycles. The number of hydrogen-bond acceptors (Lipinski definition) is 2. The third-order valence-corrected chi connectivity index (χ3v) is 2.67. The Labute approximate surface area is 113 Å².